The summed E-state index contributed by atoms with van der Waals surface area (Å²) >= 11 is 0. The Morgan fingerprint density at radius 1 is 1.30 bits per heavy atom. The molecule has 1 N–H and O–H groups in total. The second-order valence-corrected chi connectivity index (χ2v) is 4.93. The van der Waals surface area contributed by atoms with Crippen molar-refractivity contribution in [2.75, 3.05) is 27.2 Å². The lowest BCUT2D eigenvalue weighted by Crippen LogP contribution is -2.41. The molecule has 0 aliphatic carbocycles. The molecule has 0 atom stereocenters. The predicted molar refractivity (Wildman–Crippen MR) is 82.2 cm³/mol. The molecular formula is C16H28N2O2. The second kappa shape index (κ2) is 8.95. The summed E-state index contributed by atoms with van der Waals surface area (Å²) in [5.74, 6) is 0.914. The number of ether oxygens (including phenoxy) is 1. The van der Waals surface area contributed by atoms with Gasteiger partial charge >= 0.3 is 0 Å². The molecular weight excluding hydrogens is 252 g/mol. The van der Waals surface area contributed by atoms with Crippen molar-refractivity contribution in [2.45, 2.75) is 39.3 Å². The van der Waals surface area contributed by atoms with Crippen molar-refractivity contribution in [1.82, 2.24) is 9.96 Å². The zero-order valence-electron chi connectivity index (χ0n) is 13.2. The number of methoxy groups -OCH3 is 1. The van der Waals surface area contributed by atoms with Crippen molar-refractivity contribution < 1.29 is 9.94 Å². The van der Waals surface area contributed by atoms with Gasteiger partial charge in [-0.2, -0.15) is 5.06 Å². The highest BCUT2D eigenvalue weighted by Gasteiger charge is 2.21. The summed E-state index contributed by atoms with van der Waals surface area (Å²) in [5.41, 5.74) is 1.28. The lowest BCUT2D eigenvalue weighted by atomic mass is 10.0. The van der Waals surface area contributed by atoms with Crippen LogP contribution in [0.3, 0.4) is 0 Å². The standard InChI is InChI=1S/C14H22N2O2.C2H6/c1-15(17)13-6-8-16(9-7-13)11-12-4-3-5-14(10-12)18-2;1-2/h3-5,10,13,17H,6-9,11H2,1-2H3;1-2H3. The summed E-state index contributed by atoms with van der Waals surface area (Å²) in [6.07, 6.45) is 2.05. The highest BCUT2D eigenvalue weighted by atomic mass is 16.5. The van der Waals surface area contributed by atoms with Crippen LogP contribution in [0.2, 0.25) is 0 Å². The number of hydrogen-bond donors (Lipinski definition) is 1. The summed E-state index contributed by atoms with van der Waals surface area (Å²) in [6, 6.07) is 8.53. The van der Waals surface area contributed by atoms with E-state index >= 15 is 0 Å². The lowest BCUT2D eigenvalue weighted by Gasteiger charge is -2.34. The zero-order valence-corrected chi connectivity index (χ0v) is 13.2. The molecule has 2 rings (SSSR count). The molecule has 4 nitrogen and oxygen atoms in total. The predicted octanol–water partition coefficient (Wildman–Crippen LogP) is 3.01. The van der Waals surface area contributed by atoms with E-state index in [1.807, 2.05) is 26.0 Å². The van der Waals surface area contributed by atoms with Gasteiger partial charge in [0.2, 0.25) is 0 Å². The first kappa shape index (κ1) is 17.0. The minimum Gasteiger partial charge on any atom is -0.497 e. The van der Waals surface area contributed by atoms with Crippen molar-refractivity contribution in [3.63, 3.8) is 0 Å². The summed E-state index contributed by atoms with van der Waals surface area (Å²) in [7, 11) is 3.43. The molecule has 0 spiro atoms. The van der Waals surface area contributed by atoms with Gasteiger partial charge in [-0.25, -0.2) is 0 Å². The molecule has 1 saturated heterocycles. The summed E-state index contributed by atoms with van der Waals surface area (Å²) < 4.78 is 5.23. The van der Waals surface area contributed by atoms with Crippen LogP contribution in [-0.4, -0.2) is 48.5 Å². The Bertz CT molecular complexity index is 374. The Morgan fingerprint density at radius 2 is 1.95 bits per heavy atom. The first-order valence-electron chi connectivity index (χ1n) is 7.46. The molecule has 0 bridgehead atoms. The fraction of sp³-hybridized carbons (Fsp3) is 0.625. The van der Waals surface area contributed by atoms with Crippen LogP contribution >= 0.6 is 0 Å². The highest BCUT2D eigenvalue weighted by Crippen LogP contribution is 2.18. The fourth-order valence-corrected chi connectivity index (χ4v) is 2.48. The number of benzene rings is 1. The number of likely N-dealkylation sites (tertiary alicyclic amines) is 1. The lowest BCUT2D eigenvalue weighted by molar-refractivity contribution is -0.116. The van der Waals surface area contributed by atoms with Crippen LogP contribution in [0.25, 0.3) is 0 Å². The van der Waals surface area contributed by atoms with Gasteiger partial charge in [0.15, 0.2) is 0 Å². The average molecular weight is 280 g/mol. The second-order valence-electron chi connectivity index (χ2n) is 4.93. The van der Waals surface area contributed by atoms with Gasteiger partial charge in [-0.05, 0) is 30.5 Å². The molecule has 0 saturated carbocycles. The Kier molecular flexibility index (Phi) is 7.59. The zero-order chi connectivity index (χ0) is 15.0. The fourth-order valence-electron chi connectivity index (χ4n) is 2.48. The van der Waals surface area contributed by atoms with Gasteiger partial charge in [-0.15, -0.1) is 0 Å². The van der Waals surface area contributed by atoms with Crippen molar-refractivity contribution in [2.24, 2.45) is 0 Å². The Hall–Kier alpha value is -1.10. The van der Waals surface area contributed by atoms with E-state index in [1.54, 1.807) is 14.2 Å². The van der Waals surface area contributed by atoms with Crippen LogP contribution < -0.4 is 4.74 Å². The van der Waals surface area contributed by atoms with Crippen LogP contribution in [0.1, 0.15) is 32.3 Å². The summed E-state index contributed by atoms with van der Waals surface area (Å²) in [4.78, 5) is 2.43. The van der Waals surface area contributed by atoms with Crippen LogP contribution in [-0.2, 0) is 6.54 Å². The van der Waals surface area contributed by atoms with Crippen LogP contribution in [0.4, 0.5) is 0 Å². The van der Waals surface area contributed by atoms with E-state index in [2.05, 4.69) is 17.0 Å². The van der Waals surface area contributed by atoms with Gasteiger partial charge in [-0.1, -0.05) is 26.0 Å². The quantitative estimate of drug-likeness (QED) is 0.860. The Morgan fingerprint density at radius 3 is 2.50 bits per heavy atom. The molecule has 0 amide bonds. The number of hydrogen-bond acceptors (Lipinski definition) is 4. The van der Waals surface area contributed by atoms with Gasteiger partial charge < -0.3 is 9.94 Å². The number of nitrogens with zero attached hydrogens (tertiary/aromatic N) is 2. The van der Waals surface area contributed by atoms with Gasteiger partial charge in [0.05, 0.1) is 7.11 Å². The van der Waals surface area contributed by atoms with Gasteiger partial charge in [-0.3, -0.25) is 4.90 Å². The maximum Gasteiger partial charge on any atom is 0.119 e. The molecule has 1 aliphatic heterocycles. The third kappa shape index (κ3) is 5.12. The monoisotopic (exact) mass is 280 g/mol. The van der Waals surface area contributed by atoms with E-state index in [-0.39, 0.29) is 0 Å². The van der Waals surface area contributed by atoms with E-state index in [1.165, 1.54) is 10.6 Å². The van der Waals surface area contributed by atoms with Crippen molar-refractivity contribution in [3.8, 4) is 5.75 Å². The molecule has 20 heavy (non-hydrogen) atoms. The molecule has 0 aromatic heterocycles. The Balaban J connectivity index is 0.000000956. The molecule has 1 heterocycles. The van der Waals surface area contributed by atoms with Gasteiger partial charge in [0, 0.05) is 32.7 Å². The third-order valence-electron chi connectivity index (χ3n) is 3.63. The molecule has 4 heteroatoms. The van der Waals surface area contributed by atoms with Crippen LogP contribution in [0.15, 0.2) is 24.3 Å². The van der Waals surface area contributed by atoms with E-state index < -0.39 is 0 Å². The summed E-state index contributed by atoms with van der Waals surface area (Å²) in [5, 5.41) is 10.8. The van der Waals surface area contributed by atoms with Crippen molar-refractivity contribution in [1.29, 1.82) is 0 Å². The number of piperidine rings is 1. The topological polar surface area (TPSA) is 35.9 Å². The number of hydroxylamine groups is 2. The maximum atomic E-state index is 9.42. The maximum absolute atomic E-state index is 9.42. The van der Waals surface area contributed by atoms with Crippen molar-refractivity contribution >= 4 is 0 Å². The van der Waals surface area contributed by atoms with E-state index in [4.69, 9.17) is 4.74 Å². The van der Waals surface area contributed by atoms with Crippen molar-refractivity contribution in [3.05, 3.63) is 29.8 Å². The molecule has 114 valence electrons. The first-order chi connectivity index (χ1) is 9.69. The third-order valence-corrected chi connectivity index (χ3v) is 3.63. The molecule has 0 unspecified atom stereocenters. The largest absolute Gasteiger partial charge is 0.497 e. The van der Waals surface area contributed by atoms with E-state index in [9.17, 15) is 5.21 Å². The Labute approximate surface area is 122 Å². The van der Waals surface area contributed by atoms with E-state index in [0.717, 1.165) is 38.2 Å². The highest BCUT2D eigenvalue weighted by molar-refractivity contribution is 5.28. The molecule has 1 fully saturated rings. The minimum atomic E-state index is 0.312. The van der Waals surface area contributed by atoms with Gasteiger partial charge in [0.1, 0.15) is 5.75 Å². The number of rotatable bonds is 4. The average Bonchev–Trinajstić information content (AvgIpc) is 2.50. The van der Waals surface area contributed by atoms with E-state index in [0.29, 0.717) is 6.04 Å². The van der Waals surface area contributed by atoms with Gasteiger partial charge in [0.25, 0.3) is 0 Å². The summed E-state index contributed by atoms with van der Waals surface area (Å²) in [6.45, 7) is 7.03. The first-order valence-corrected chi connectivity index (χ1v) is 7.46. The smallest absolute Gasteiger partial charge is 0.119 e. The van der Waals surface area contributed by atoms with Crippen LogP contribution in [0, 0.1) is 0 Å². The minimum absolute atomic E-state index is 0.312. The van der Waals surface area contributed by atoms with Crippen LogP contribution in [0.5, 0.6) is 5.75 Å². The molecule has 1 aliphatic rings. The SMILES string of the molecule is CC.COc1cccc(CN2CCC(N(C)O)CC2)c1. The molecule has 1 aromatic carbocycles. The molecule has 0 radical (unpaired) electrons. The normalized spacial score (nSPS) is 16.7. The molecule has 1 aromatic rings.